The summed E-state index contributed by atoms with van der Waals surface area (Å²) in [7, 11) is 0. The van der Waals surface area contributed by atoms with Gasteiger partial charge in [0.1, 0.15) is 11.9 Å². The van der Waals surface area contributed by atoms with Crippen molar-refractivity contribution in [3.05, 3.63) is 89.5 Å². The maximum Gasteiger partial charge on any atom is 0.251 e. The van der Waals surface area contributed by atoms with Crippen LogP contribution in [0.2, 0.25) is 0 Å². The highest BCUT2D eigenvalue weighted by atomic mass is 19.1. The molecule has 1 aliphatic heterocycles. The Morgan fingerprint density at radius 2 is 1.85 bits per heavy atom. The number of likely N-dealkylation sites (tertiary alicyclic amines) is 1. The Balaban J connectivity index is 1.16. The van der Waals surface area contributed by atoms with Gasteiger partial charge in [-0.2, -0.15) is 10.4 Å². The number of carbonyl (C=O) groups is 2. The van der Waals surface area contributed by atoms with E-state index in [0.29, 0.717) is 42.6 Å². The Morgan fingerprint density at radius 1 is 1.10 bits per heavy atom. The van der Waals surface area contributed by atoms with Crippen molar-refractivity contribution in [3.8, 4) is 6.07 Å². The van der Waals surface area contributed by atoms with Gasteiger partial charge in [-0.25, -0.2) is 4.39 Å². The van der Waals surface area contributed by atoms with Crippen LogP contribution in [0.5, 0.6) is 0 Å². The average Bonchev–Trinajstić information content (AvgIpc) is 3.53. The number of carbonyl (C=O) groups excluding carboxylic acids is 2. The lowest BCUT2D eigenvalue weighted by Gasteiger charge is -2.34. The smallest absolute Gasteiger partial charge is 0.251 e. The quantitative estimate of drug-likeness (QED) is 0.390. The van der Waals surface area contributed by atoms with Gasteiger partial charge in [0.2, 0.25) is 5.91 Å². The van der Waals surface area contributed by atoms with Gasteiger partial charge < -0.3 is 15.5 Å². The molecule has 2 amide bonds. The van der Waals surface area contributed by atoms with E-state index in [9.17, 15) is 14.0 Å². The van der Waals surface area contributed by atoms with E-state index in [1.807, 2.05) is 34.0 Å². The number of nitrogens with one attached hydrogen (secondary N) is 2. The molecule has 1 unspecified atom stereocenters. The van der Waals surface area contributed by atoms with E-state index in [1.54, 1.807) is 30.5 Å². The summed E-state index contributed by atoms with van der Waals surface area (Å²) in [6, 6.07) is 17.0. The highest BCUT2D eigenvalue weighted by molar-refractivity contribution is 5.97. The van der Waals surface area contributed by atoms with Crippen LogP contribution in [0.4, 0.5) is 4.39 Å². The lowest BCUT2D eigenvalue weighted by Crippen LogP contribution is -2.51. The molecule has 2 fully saturated rings. The molecule has 1 aliphatic carbocycles. The molecular weight excluding hydrogens is 495 g/mol. The minimum absolute atomic E-state index is 0.0634. The molecule has 2 aromatic carbocycles. The second-order valence-corrected chi connectivity index (χ2v) is 10.4. The second kappa shape index (κ2) is 12.2. The zero-order chi connectivity index (χ0) is 27.2. The van der Waals surface area contributed by atoms with Crippen LogP contribution in [0.15, 0.2) is 67.0 Å². The van der Waals surface area contributed by atoms with Crippen molar-refractivity contribution in [2.75, 3.05) is 19.6 Å². The number of nitriles is 1. The fourth-order valence-electron chi connectivity index (χ4n) is 5.36. The van der Waals surface area contributed by atoms with Crippen LogP contribution >= 0.6 is 0 Å². The molecule has 8 nitrogen and oxygen atoms in total. The number of hydrogen-bond acceptors (Lipinski definition) is 5. The van der Waals surface area contributed by atoms with Gasteiger partial charge in [0, 0.05) is 43.0 Å². The van der Waals surface area contributed by atoms with Crippen molar-refractivity contribution in [2.24, 2.45) is 0 Å². The van der Waals surface area contributed by atoms with Gasteiger partial charge >= 0.3 is 0 Å². The lowest BCUT2D eigenvalue weighted by molar-refractivity contribution is -0.134. The van der Waals surface area contributed by atoms with E-state index in [-0.39, 0.29) is 23.7 Å². The molecule has 1 aromatic heterocycles. The zero-order valence-corrected chi connectivity index (χ0v) is 21.8. The van der Waals surface area contributed by atoms with Crippen LogP contribution < -0.4 is 10.6 Å². The maximum atomic E-state index is 13.6. The summed E-state index contributed by atoms with van der Waals surface area (Å²) in [5.74, 6) is -0.231. The highest BCUT2D eigenvalue weighted by Gasteiger charge is 2.37. The summed E-state index contributed by atoms with van der Waals surface area (Å²) >= 11 is 0. The minimum Gasteiger partial charge on any atom is -0.341 e. The standard InChI is InChI=1S/C30H33FN6O2/c31-24-10-8-22(9-11-24)26-19-28(26)33-14-1-3-27(35-29(38)23-6-4-21(20-32)5-7-23)30(39)36-17-12-25(13-18-36)37-16-2-15-34-37/h2,4-11,15-16,25-28,33H,1,3,12-14,17-19H2,(H,35,38)/t26-,27-,28?/m0/s1. The highest BCUT2D eigenvalue weighted by Crippen LogP contribution is 2.40. The molecule has 0 radical (unpaired) electrons. The number of piperidine rings is 1. The molecule has 1 saturated carbocycles. The Hall–Kier alpha value is -4.03. The first-order chi connectivity index (χ1) is 19.0. The number of nitrogens with zero attached hydrogens (tertiary/aromatic N) is 4. The number of hydrogen-bond donors (Lipinski definition) is 2. The molecule has 3 atom stereocenters. The molecule has 39 heavy (non-hydrogen) atoms. The van der Waals surface area contributed by atoms with Crippen molar-refractivity contribution in [2.45, 2.75) is 56.1 Å². The van der Waals surface area contributed by atoms with Crippen molar-refractivity contribution in [3.63, 3.8) is 0 Å². The second-order valence-electron chi connectivity index (χ2n) is 10.4. The first kappa shape index (κ1) is 26.6. The summed E-state index contributed by atoms with van der Waals surface area (Å²) in [6.07, 6.45) is 7.60. The number of halogens is 1. The summed E-state index contributed by atoms with van der Waals surface area (Å²) in [5, 5.41) is 19.9. The minimum atomic E-state index is -0.636. The van der Waals surface area contributed by atoms with Crippen molar-refractivity contribution in [1.29, 1.82) is 5.26 Å². The summed E-state index contributed by atoms with van der Waals surface area (Å²) in [6.45, 7) is 1.96. The van der Waals surface area contributed by atoms with Gasteiger partial charge in [-0.1, -0.05) is 12.1 Å². The van der Waals surface area contributed by atoms with E-state index in [1.165, 1.54) is 12.1 Å². The predicted octanol–water partition coefficient (Wildman–Crippen LogP) is 3.78. The molecule has 2 heterocycles. The number of rotatable bonds is 10. The third-order valence-electron chi connectivity index (χ3n) is 7.72. The molecule has 2 aliphatic rings. The van der Waals surface area contributed by atoms with E-state index in [2.05, 4.69) is 21.8 Å². The molecular formula is C30H33FN6O2. The van der Waals surface area contributed by atoms with E-state index in [0.717, 1.165) is 37.8 Å². The Labute approximate surface area is 227 Å². The van der Waals surface area contributed by atoms with Crippen LogP contribution in [-0.2, 0) is 4.79 Å². The first-order valence-electron chi connectivity index (χ1n) is 13.6. The van der Waals surface area contributed by atoms with Crippen LogP contribution in [0.1, 0.15) is 65.5 Å². The van der Waals surface area contributed by atoms with E-state index in [4.69, 9.17) is 5.26 Å². The van der Waals surface area contributed by atoms with Crippen LogP contribution in [0, 0.1) is 17.1 Å². The lowest BCUT2D eigenvalue weighted by atomic mass is 10.0. The van der Waals surface area contributed by atoms with Gasteiger partial charge in [0.25, 0.3) is 5.91 Å². The van der Waals surface area contributed by atoms with E-state index < -0.39 is 6.04 Å². The normalized spacial score (nSPS) is 19.7. The predicted molar refractivity (Wildman–Crippen MR) is 144 cm³/mol. The number of amides is 2. The fourth-order valence-corrected chi connectivity index (χ4v) is 5.36. The molecule has 0 spiro atoms. The van der Waals surface area contributed by atoms with Gasteiger partial charge in [-0.3, -0.25) is 14.3 Å². The van der Waals surface area contributed by atoms with Crippen molar-refractivity contribution >= 4 is 11.8 Å². The van der Waals surface area contributed by atoms with Crippen LogP contribution in [0.25, 0.3) is 0 Å². The number of benzene rings is 2. The number of aromatic nitrogens is 2. The Kier molecular flexibility index (Phi) is 8.33. The first-order valence-corrected chi connectivity index (χ1v) is 13.6. The maximum absolute atomic E-state index is 13.6. The van der Waals surface area contributed by atoms with Gasteiger partial charge in [0.15, 0.2) is 0 Å². The van der Waals surface area contributed by atoms with Crippen molar-refractivity contribution < 1.29 is 14.0 Å². The third-order valence-corrected chi connectivity index (χ3v) is 7.72. The molecule has 2 N–H and O–H groups in total. The van der Waals surface area contributed by atoms with Crippen LogP contribution in [0.3, 0.4) is 0 Å². The monoisotopic (exact) mass is 528 g/mol. The zero-order valence-electron chi connectivity index (χ0n) is 21.8. The van der Waals surface area contributed by atoms with E-state index >= 15 is 0 Å². The molecule has 3 aromatic rings. The van der Waals surface area contributed by atoms with Gasteiger partial charge in [0.05, 0.1) is 17.7 Å². The molecule has 0 bridgehead atoms. The molecule has 202 valence electrons. The summed E-state index contributed by atoms with van der Waals surface area (Å²) in [5.41, 5.74) is 2.03. The SMILES string of the molecule is N#Cc1ccc(C(=O)N[C@@H](CCCNC2C[C@H]2c2ccc(F)cc2)C(=O)N2CCC(n3cccn3)CC2)cc1. The molecule has 1 saturated heterocycles. The largest absolute Gasteiger partial charge is 0.341 e. The van der Waals surface area contributed by atoms with Gasteiger partial charge in [-0.05, 0) is 86.7 Å². The molecule has 5 rings (SSSR count). The summed E-state index contributed by atoms with van der Waals surface area (Å²) in [4.78, 5) is 28.4. The van der Waals surface area contributed by atoms with Gasteiger partial charge in [-0.15, -0.1) is 0 Å². The summed E-state index contributed by atoms with van der Waals surface area (Å²) < 4.78 is 15.2. The van der Waals surface area contributed by atoms with Crippen LogP contribution in [-0.4, -0.2) is 58.2 Å². The Morgan fingerprint density at radius 3 is 2.51 bits per heavy atom. The third kappa shape index (κ3) is 6.70. The fraction of sp³-hybridized carbons (Fsp3) is 0.400. The van der Waals surface area contributed by atoms with Crippen molar-refractivity contribution in [1.82, 2.24) is 25.3 Å². The molecule has 9 heteroatoms. The Bertz CT molecular complexity index is 1290. The average molecular weight is 529 g/mol. The topological polar surface area (TPSA) is 103 Å².